The number of aliphatic imine (C=N–C) groups is 1. The third kappa shape index (κ3) is 2.98. The number of aromatic hydroxyl groups is 1. The van der Waals surface area contributed by atoms with Gasteiger partial charge >= 0.3 is 0 Å². The van der Waals surface area contributed by atoms with Gasteiger partial charge in [-0.15, -0.1) is 0 Å². The van der Waals surface area contributed by atoms with Crippen LogP contribution in [0.1, 0.15) is 17.4 Å². The van der Waals surface area contributed by atoms with E-state index < -0.39 is 0 Å². The van der Waals surface area contributed by atoms with Gasteiger partial charge in [0.25, 0.3) is 0 Å². The Morgan fingerprint density at radius 2 is 2.47 bits per heavy atom. The number of hydrogen-bond acceptors (Lipinski definition) is 5. The summed E-state index contributed by atoms with van der Waals surface area (Å²) < 4.78 is 0.549. The molecule has 0 aromatic carbocycles. The molecule has 0 aliphatic carbocycles. The van der Waals surface area contributed by atoms with E-state index in [4.69, 9.17) is 12.2 Å². The number of H-pyrrole nitrogens is 1. The highest BCUT2D eigenvalue weighted by Gasteiger charge is 2.07. The molecule has 0 bridgehead atoms. The lowest BCUT2D eigenvalue weighted by atomic mass is 10.3. The Balaban J connectivity index is 2.18. The molecule has 0 saturated heterocycles. The summed E-state index contributed by atoms with van der Waals surface area (Å²) in [6.07, 6.45) is 3.50. The van der Waals surface area contributed by atoms with E-state index in [1.807, 2.05) is 19.1 Å². The van der Waals surface area contributed by atoms with Crippen LogP contribution in [-0.2, 0) is 6.54 Å². The van der Waals surface area contributed by atoms with Gasteiger partial charge in [0, 0.05) is 12.4 Å². The van der Waals surface area contributed by atoms with E-state index in [9.17, 15) is 5.11 Å². The second kappa shape index (κ2) is 5.20. The zero-order valence-corrected chi connectivity index (χ0v) is 10.8. The Kier molecular flexibility index (Phi) is 3.65. The molecule has 0 spiro atoms. The largest absolute Gasteiger partial charge is 0.493 e. The van der Waals surface area contributed by atoms with E-state index in [0.29, 0.717) is 15.4 Å². The fraction of sp³-hybridized carbons (Fsp3) is 0.182. The molecule has 2 aromatic heterocycles. The predicted molar refractivity (Wildman–Crippen MR) is 71.3 cm³/mol. The second-order valence-electron chi connectivity index (χ2n) is 3.46. The normalized spacial score (nSPS) is 11.7. The monoisotopic (exact) mass is 265 g/mol. The van der Waals surface area contributed by atoms with Gasteiger partial charge in [-0.25, -0.2) is 0 Å². The van der Waals surface area contributed by atoms with Crippen LogP contribution in [0.2, 0.25) is 0 Å². The van der Waals surface area contributed by atoms with Crippen LogP contribution in [0.4, 0.5) is 0 Å². The van der Waals surface area contributed by atoms with Crippen LogP contribution in [0.25, 0.3) is 0 Å². The van der Waals surface area contributed by atoms with Gasteiger partial charge in [-0.1, -0.05) is 17.4 Å². The number of nitrogens with zero attached hydrogens (tertiary/aromatic N) is 2. The van der Waals surface area contributed by atoms with Crippen molar-refractivity contribution >= 4 is 29.3 Å². The fourth-order valence-electron chi connectivity index (χ4n) is 1.34. The van der Waals surface area contributed by atoms with E-state index >= 15 is 0 Å². The fourth-order valence-corrected chi connectivity index (χ4v) is 2.38. The molecule has 0 unspecified atom stereocenters. The quantitative estimate of drug-likeness (QED) is 0.662. The molecule has 0 aliphatic heterocycles. The molecule has 2 aromatic rings. The molecule has 88 valence electrons. The highest BCUT2D eigenvalue weighted by molar-refractivity contribution is 7.73. The zero-order valence-electron chi connectivity index (χ0n) is 9.17. The molecule has 0 amide bonds. The van der Waals surface area contributed by atoms with Gasteiger partial charge in [0.05, 0.1) is 12.3 Å². The van der Waals surface area contributed by atoms with Crippen LogP contribution < -0.4 is 0 Å². The van der Waals surface area contributed by atoms with Crippen molar-refractivity contribution in [3.05, 3.63) is 38.9 Å². The van der Waals surface area contributed by atoms with Crippen molar-refractivity contribution in [1.29, 1.82) is 0 Å². The Labute approximate surface area is 108 Å². The number of nitrogens with one attached hydrogen (secondary N) is 1. The van der Waals surface area contributed by atoms with Crippen LogP contribution in [0, 0.1) is 3.95 Å². The lowest BCUT2D eigenvalue weighted by Gasteiger charge is -1.98. The molecule has 0 aliphatic rings. The number of aromatic amines is 1. The second-order valence-corrected chi connectivity index (χ2v) is 5.14. The molecule has 2 N–H and O–H groups in total. The van der Waals surface area contributed by atoms with Crippen LogP contribution in [0.15, 0.2) is 29.5 Å². The SMILES string of the molecule is CC(=NCc1cccnc1)c1sc(=S)[nH]c1O. The van der Waals surface area contributed by atoms with Gasteiger partial charge < -0.3 is 10.1 Å². The van der Waals surface area contributed by atoms with E-state index in [1.165, 1.54) is 11.3 Å². The van der Waals surface area contributed by atoms with Crippen molar-refractivity contribution in [3.63, 3.8) is 0 Å². The first-order valence-corrected chi connectivity index (χ1v) is 6.21. The summed E-state index contributed by atoms with van der Waals surface area (Å²) in [5, 5.41) is 9.59. The summed E-state index contributed by atoms with van der Waals surface area (Å²) in [6.45, 7) is 2.40. The molecular weight excluding hydrogens is 254 g/mol. The smallest absolute Gasteiger partial charge is 0.209 e. The summed E-state index contributed by atoms with van der Waals surface area (Å²) >= 11 is 6.28. The zero-order chi connectivity index (χ0) is 12.3. The molecular formula is C11H11N3OS2. The summed E-state index contributed by atoms with van der Waals surface area (Å²) in [5.74, 6) is 0.0902. The van der Waals surface area contributed by atoms with E-state index in [-0.39, 0.29) is 5.88 Å². The van der Waals surface area contributed by atoms with Crippen molar-refractivity contribution in [2.75, 3.05) is 0 Å². The third-order valence-electron chi connectivity index (χ3n) is 2.18. The highest BCUT2D eigenvalue weighted by atomic mass is 32.1. The van der Waals surface area contributed by atoms with Crippen LogP contribution in [0.5, 0.6) is 5.88 Å². The highest BCUT2D eigenvalue weighted by Crippen LogP contribution is 2.22. The Morgan fingerprint density at radius 1 is 1.65 bits per heavy atom. The minimum Gasteiger partial charge on any atom is -0.493 e. The maximum Gasteiger partial charge on any atom is 0.209 e. The van der Waals surface area contributed by atoms with Crippen molar-refractivity contribution < 1.29 is 5.11 Å². The van der Waals surface area contributed by atoms with Crippen molar-refractivity contribution in [2.24, 2.45) is 4.99 Å². The molecule has 6 heteroatoms. The lowest BCUT2D eigenvalue weighted by molar-refractivity contribution is 0.456. The van der Waals surface area contributed by atoms with Gasteiger partial charge in [0.1, 0.15) is 4.88 Å². The minimum absolute atomic E-state index is 0.0902. The van der Waals surface area contributed by atoms with Crippen LogP contribution in [-0.4, -0.2) is 20.8 Å². The first-order valence-electron chi connectivity index (χ1n) is 4.99. The average Bonchev–Trinajstić information content (AvgIpc) is 2.67. The number of pyridine rings is 1. The van der Waals surface area contributed by atoms with Gasteiger partial charge in [-0.3, -0.25) is 9.98 Å². The van der Waals surface area contributed by atoms with Gasteiger partial charge in [0.15, 0.2) is 3.95 Å². The van der Waals surface area contributed by atoms with E-state index in [2.05, 4.69) is 15.0 Å². The maximum absolute atomic E-state index is 9.59. The number of hydrogen-bond donors (Lipinski definition) is 2. The first-order chi connectivity index (χ1) is 8.16. The van der Waals surface area contributed by atoms with Crippen LogP contribution in [0.3, 0.4) is 0 Å². The Morgan fingerprint density at radius 3 is 3.06 bits per heavy atom. The molecule has 4 nitrogen and oxygen atoms in total. The predicted octanol–water partition coefficient (Wildman–Crippen LogP) is 2.92. The molecule has 0 atom stereocenters. The van der Waals surface area contributed by atoms with E-state index in [1.54, 1.807) is 12.4 Å². The maximum atomic E-state index is 9.59. The number of aromatic nitrogens is 2. The summed E-state index contributed by atoms with van der Waals surface area (Å²) in [7, 11) is 0. The minimum atomic E-state index is 0.0902. The summed E-state index contributed by atoms with van der Waals surface area (Å²) in [6, 6.07) is 3.83. The van der Waals surface area contributed by atoms with Crippen molar-refractivity contribution in [1.82, 2.24) is 9.97 Å². The Bertz CT molecular complexity index is 586. The molecule has 0 radical (unpaired) electrons. The topological polar surface area (TPSA) is 61.3 Å². The van der Waals surface area contributed by atoms with Gasteiger partial charge in [0.2, 0.25) is 5.88 Å². The summed E-state index contributed by atoms with van der Waals surface area (Å²) in [4.78, 5) is 11.8. The first kappa shape index (κ1) is 11.9. The molecule has 2 rings (SSSR count). The van der Waals surface area contributed by atoms with E-state index in [0.717, 1.165) is 11.3 Å². The molecule has 17 heavy (non-hydrogen) atoms. The van der Waals surface area contributed by atoms with Crippen molar-refractivity contribution in [3.8, 4) is 5.88 Å². The lowest BCUT2D eigenvalue weighted by Crippen LogP contribution is -1.93. The number of thiazole rings is 1. The number of rotatable bonds is 3. The third-order valence-corrected chi connectivity index (χ3v) is 3.51. The molecule has 0 saturated carbocycles. The van der Waals surface area contributed by atoms with Gasteiger partial charge in [-0.05, 0) is 30.8 Å². The van der Waals surface area contributed by atoms with Crippen LogP contribution >= 0.6 is 23.6 Å². The van der Waals surface area contributed by atoms with Gasteiger partial charge in [-0.2, -0.15) is 0 Å². The molecule has 0 fully saturated rings. The standard InChI is InChI=1S/C11H11N3OS2/c1-7(9-10(15)14-11(16)17-9)13-6-8-3-2-4-12-5-8/h2-5,15H,6H2,1H3,(H,14,16). The molecule has 2 heterocycles. The average molecular weight is 265 g/mol. The summed E-state index contributed by atoms with van der Waals surface area (Å²) in [5.41, 5.74) is 1.80. The Hall–Kier alpha value is -1.53. The van der Waals surface area contributed by atoms with Crippen molar-refractivity contribution in [2.45, 2.75) is 13.5 Å².